The molecule has 0 saturated heterocycles. The summed E-state index contributed by atoms with van der Waals surface area (Å²) in [4.78, 5) is 0. The highest BCUT2D eigenvalue weighted by Crippen LogP contribution is 2.30. The van der Waals surface area contributed by atoms with Crippen LogP contribution in [-0.4, -0.2) is 25.9 Å². The minimum Gasteiger partial charge on any atom is -0.491 e. The summed E-state index contributed by atoms with van der Waals surface area (Å²) in [6.45, 7) is 2.74. The van der Waals surface area contributed by atoms with Crippen LogP contribution in [0.5, 0.6) is 11.5 Å². The Kier molecular flexibility index (Phi) is 5.53. The van der Waals surface area contributed by atoms with Gasteiger partial charge in [0.1, 0.15) is 17.6 Å². The third-order valence-electron chi connectivity index (χ3n) is 3.66. The summed E-state index contributed by atoms with van der Waals surface area (Å²) in [5.41, 5.74) is 6.56. The van der Waals surface area contributed by atoms with Crippen molar-refractivity contribution in [2.24, 2.45) is 0 Å². The number of anilines is 1. The zero-order valence-corrected chi connectivity index (χ0v) is 12.4. The molecule has 0 aromatic heterocycles. The molecule has 4 nitrogen and oxygen atoms in total. The van der Waals surface area contributed by atoms with Crippen molar-refractivity contribution in [2.75, 3.05) is 19.5 Å². The van der Waals surface area contributed by atoms with Crippen LogP contribution >= 0.6 is 0 Å². The zero-order valence-electron chi connectivity index (χ0n) is 12.4. The molecule has 1 aliphatic carbocycles. The minimum atomic E-state index is 0.219. The summed E-state index contributed by atoms with van der Waals surface area (Å²) >= 11 is 0. The largest absolute Gasteiger partial charge is 0.491 e. The van der Waals surface area contributed by atoms with Gasteiger partial charge in [0.25, 0.3) is 0 Å². The second-order valence-corrected chi connectivity index (χ2v) is 5.31. The summed E-state index contributed by atoms with van der Waals surface area (Å²) < 4.78 is 17.1. The van der Waals surface area contributed by atoms with Gasteiger partial charge in [0.2, 0.25) is 0 Å². The fourth-order valence-corrected chi connectivity index (χ4v) is 2.54. The number of methoxy groups -OCH3 is 1. The second kappa shape index (κ2) is 7.39. The van der Waals surface area contributed by atoms with Gasteiger partial charge in [0.05, 0.1) is 18.4 Å². The van der Waals surface area contributed by atoms with Crippen molar-refractivity contribution in [2.45, 2.75) is 51.2 Å². The molecule has 20 heavy (non-hydrogen) atoms. The van der Waals surface area contributed by atoms with E-state index in [0.29, 0.717) is 24.1 Å². The minimum absolute atomic E-state index is 0.219. The lowest BCUT2D eigenvalue weighted by Gasteiger charge is -2.28. The molecular formula is C16H25NO3. The van der Waals surface area contributed by atoms with Crippen LogP contribution in [0.2, 0.25) is 0 Å². The summed E-state index contributed by atoms with van der Waals surface area (Å²) in [5, 5.41) is 0. The first kappa shape index (κ1) is 15.0. The highest BCUT2D eigenvalue weighted by atomic mass is 16.5. The Morgan fingerprint density at radius 1 is 1.25 bits per heavy atom. The van der Waals surface area contributed by atoms with Gasteiger partial charge >= 0.3 is 0 Å². The fourth-order valence-electron chi connectivity index (χ4n) is 2.54. The second-order valence-electron chi connectivity index (χ2n) is 5.31. The van der Waals surface area contributed by atoms with Crippen LogP contribution in [0.3, 0.4) is 0 Å². The average molecular weight is 279 g/mol. The van der Waals surface area contributed by atoms with Gasteiger partial charge < -0.3 is 19.9 Å². The van der Waals surface area contributed by atoms with Crippen LogP contribution < -0.4 is 15.2 Å². The maximum absolute atomic E-state index is 6.05. The molecule has 2 rings (SSSR count). The Morgan fingerprint density at radius 2 is 2.05 bits per heavy atom. The molecule has 2 N–H and O–H groups in total. The monoisotopic (exact) mass is 279 g/mol. The quantitative estimate of drug-likeness (QED) is 0.811. The van der Waals surface area contributed by atoms with Gasteiger partial charge in [0.15, 0.2) is 0 Å². The third-order valence-corrected chi connectivity index (χ3v) is 3.66. The van der Waals surface area contributed by atoms with Crippen molar-refractivity contribution >= 4 is 5.69 Å². The van der Waals surface area contributed by atoms with E-state index < -0.39 is 0 Å². The lowest BCUT2D eigenvalue weighted by molar-refractivity contribution is 0.0209. The maximum Gasteiger partial charge on any atom is 0.145 e. The molecule has 0 spiro atoms. The van der Waals surface area contributed by atoms with E-state index in [0.717, 1.165) is 37.9 Å². The molecular weight excluding hydrogens is 254 g/mol. The van der Waals surface area contributed by atoms with E-state index in [1.54, 1.807) is 7.11 Å². The molecule has 0 heterocycles. The number of nitrogens with two attached hydrogens (primary N) is 1. The standard InChI is InChI=1S/C16H25NO3/c1-3-9-19-16-11-14(7-8-15(16)17)20-13-6-4-5-12(10-13)18-2/h7-8,11-13H,3-6,9-10,17H2,1-2H3. The van der Waals surface area contributed by atoms with Crippen LogP contribution in [0.4, 0.5) is 5.69 Å². The average Bonchev–Trinajstić information content (AvgIpc) is 2.48. The van der Waals surface area contributed by atoms with Gasteiger partial charge in [-0.25, -0.2) is 0 Å². The predicted octanol–water partition coefficient (Wildman–Crippen LogP) is 3.39. The Morgan fingerprint density at radius 3 is 2.80 bits per heavy atom. The first-order valence-corrected chi connectivity index (χ1v) is 7.44. The predicted molar refractivity (Wildman–Crippen MR) is 80.3 cm³/mol. The van der Waals surface area contributed by atoms with Gasteiger partial charge in [-0.15, -0.1) is 0 Å². The smallest absolute Gasteiger partial charge is 0.145 e. The van der Waals surface area contributed by atoms with Crippen LogP contribution in [-0.2, 0) is 4.74 Å². The molecule has 4 heteroatoms. The van der Waals surface area contributed by atoms with Gasteiger partial charge in [0, 0.05) is 19.6 Å². The molecule has 2 unspecified atom stereocenters. The SMILES string of the molecule is CCCOc1cc(OC2CCCC(OC)C2)ccc1N. The van der Waals surface area contributed by atoms with Crippen molar-refractivity contribution in [3.63, 3.8) is 0 Å². The molecule has 1 fully saturated rings. The van der Waals surface area contributed by atoms with E-state index in [-0.39, 0.29) is 6.10 Å². The molecule has 1 aromatic carbocycles. The Labute approximate surface area is 121 Å². The highest BCUT2D eigenvalue weighted by Gasteiger charge is 2.23. The number of benzene rings is 1. The van der Waals surface area contributed by atoms with Crippen molar-refractivity contribution in [3.05, 3.63) is 18.2 Å². The summed E-state index contributed by atoms with van der Waals surface area (Å²) in [6.07, 6.45) is 5.80. The van der Waals surface area contributed by atoms with E-state index in [1.165, 1.54) is 0 Å². The summed E-state index contributed by atoms with van der Waals surface area (Å²) in [7, 11) is 1.77. The lowest BCUT2D eigenvalue weighted by atomic mass is 9.95. The van der Waals surface area contributed by atoms with E-state index in [9.17, 15) is 0 Å². The number of hydrogen-bond donors (Lipinski definition) is 1. The van der Waals surface area contributed by atoms with Crippen molar-refractivity contribution in [3.8, 4) is 11.5 Å². The molecule has 0 aliphatic heterocycles. The molecule has 2 atom stereocenters. The first-order chi connectivity index (χ1) is 9.72. The molecule has 112 valence electrons. The molecule has 0 bridgehead atoms. The Balaban J connectivity index is 1.98. The lowest BCUT2D eigenvalue weighted by Crippen LogP contribution is -2.29. The summed E-state index contributed by atoms with van der Waals surface area (Å²) in [6, 6.07) is 5.64. The first-order valence-electron chi connectivity index (χ1n) is 7.44. The van der Waals surface area contributed by atoms with Crippen molar-refractivity contribution in [1.29, 1.82) is 0 Å². The number of rotatable bonds is 6. The van der Waals surface area contributed by atoms with E-state index in [1.807, 2.05) is 18.2 Å². The van der Waals surface area contributed by atoms with Gasteiger partial charge in [-0.05, 0) is 37.8 Å². The van der Waals surface area contributed by atoms with Crippen LogP contribution in [0, 0.1) is 0 Å². The van der Waals surface area contributed by atoms with Crippen LogP contribution in [0.25, 0.3) is 0 Å². The molecule has 1 saturated carbocycles. The topological polar surface area (TPSA) is 53.7 Å². The fraction of sp³-hybridized carbons (Fsp3) is 0.625. The van der Waals surface area contributed by atoms with E-state index in [4.69, 9.17) is 19.9 Å². The van der Waals surface area contributed by atoms with Crippen molar-refractivity contribution < 1.29 is 14.2 Å². The number of nitrogen functional groups attached to an aromatic ring is 1. The molecule has 0 radical (unpaired) electrons. The number of hydrogen-bond acceptors (Lipinski definition) is 4. The zero-order chi connectivity index (χ0) is 14.4. The van der Waals surface area contributed by atoms with Gasteiger partial charge in [-0.3, -0.25) is 0 Å². The Hall–Kier alpha value is -1.42. The molecule has 0 amide bonds. The third kappa shape index (κ3) is 4.04. The van der Waals surface area contributed by atoms with Crippen LogP contribution in [0.15, 0.2) is 18.2 Å². The van der Waals surface area contributed by atoms with E-state index in [2.05, 4.69) is 6.92 Å². The highest BCUT2D eigenvalue weighted by molar-refractivity contribution is 5.55. The van der Waals surface area contributed by atoms with Gasteiger partial charge in [-0.1, -0.05) is 6.92 Å². The molecule has 1 aromatic rings. The maximum atomic E-state index is 6.05. The van der Waals surface area contributed by atoms with Gasteiger partial charge in [-0.2, -0.15) is 0 Å². The van der Waals surface area contributed by atoms with E-state index >= 15 is 0 Å². The normalized spacial score (nSPS) is 22.5. The number of ether oxygens (including phenoxy) is 3. The summed E-state index contributed by atoms with van der Waals surface area (Å²) in [5.74, 6) is 1.54. The van der Waals surface area contributed by atoms with Crippen LogP contribution in [0.1, 0.15) is 39.0 Å². The van der Waals surface area contributed by atoms with Crippen molar-refractivity contribution in [1.82, 2.24) is 0 Å². The Bertz CT molecular complexity index is 422. The molecule has 1 aliphatic rings.